The Bertz CT molecular complexity index is 368. The molecule has 0 aliphatic rings. The van der Waals surface area contributed by atoms with E-state index in [1.54, 1.807) is 19.1 Å². The zero-order chi connectivity index (χ0) is 12.0. The number of hydrogen-bond acceptors (Lipinski definition) is 6. The minimum atomic E-state index is -0.355. The van der Waals surface area contributed by atoms with E-state index in [0.29, 0.717) is 24.0 Å². The Morgan fingerprint density at radius 2 is 2.31 bits per heavy atom. The fourth-order valence-electron chi connectivity index (χ4n) is 1.08. The van der Waals surface area contributed by atoms with E-state index in [-0.39, 0.29) is 12.5 Å². The number of nitrogens with zero attached hydrogens (tertiary/aromatic N) is 1. The summed E-state index contributed by atoms with van der Waals surface area (Å²) in [5.41, 5.74) is 6.12. The summed E-state index contributed by atoms with van der Waals surface area (Å²) in [6.45, 7) is 2.12. The fourth-order valence-corrected chi connectivity index (χ4v) is 1.08. The third-order valence-electron chi connectivity index (χ3n) is 1.82. The number of nitrogens with one attached hydrogen (secondary N) is 1. The maximum atomic E-state index is 11.1. The second kappa shape index (κ2) is 5.79. The van der Waals surface area contributed by atoms with Crippen LogP contribution in [0.2, 0.25) is 0 Å². The van der Waals surface area contributed by atoms with Crippen molar-refractivity contribution in [1.82, 2.24) is 4.98 Å². The molecule has 0 unspecified atom stereocenters. The summed E-state index contributed by atoms with van der Waals surface area (Å²) < 4.78 is 9.70. The molecule has 1 rings (SSSR count). The molecule has 6 nitrogen and oxygen atoms in total. The molecule has 0 saturated carbocycles. The smallest absolute Gasteiger partial charge is 0.325 e. The van der Waals surface area contributed by atoms with Crippen molar-refractivity contribution in [1.29, 1.82) is 0 Å². The van der Waals surface area contributed by atoms with Gasteiger partial charge in [0.25, 0.3) is 0 Å². The van der Waals surface area contributed by atoms with Gasteiger partial charge in [-0.1, -0.05) is 0 Å². The maximum Gasteiger partial charge on any atom is 0.325 e. The third kappa shape index (κ3) is 3.30. The number of methoxy groups -OCH3 is 1. The number of anilines is 2. The average Bonchev–Trinajstić information content (AvgIpc) is 2.28. The van der Waals surface area contributed by atoms with Gasteiger partial charge in [-0.15, -0.1) is 0 Å². The van der Waals surface area contributed by atoms with Gasteiger partial charge in [-0.25, -0.2) is 0 Å². The minimum absolute atomic E-state index is 0.0260. The molecule has 0 fully saturated rings. The van der Waals surface area contributed by atoms with Crippen LogP contribution < -0.4 is 15.8 Å². The van der Waals surface area contributed by atoms with Crippen molar-refractivity contribution in [3.63, 3.8) is 0 Å². The van der Waals surface area contributed by atoms with Gasteiger partial charge in [0.15, 0.2) is 5.82 Å². The molecule has 0 amide bonds. The van der Waals surface area contributed by atoms with Crippen LogP contribution in [0.3, 0.4) is 0 Å². The van der Waals surface area contributed by atoms with Crippen molar-refractivity contribution >= 4 is 17.5 Å². The SMILES string of the molecule is CCOC(=O)CNc1nc(OC)ccc1N. The molecule has 0 aromatic carbocycles. The first-order chi connectivity index (χ1) is 7.67. The van der Waals surface area contributed by atoms with Gasteiger partial charge in [-0.2, -0.15) is 4.98 Å². The average molecular weight is 225 g/mol. The van der Waals surface area contributed by atoms with Crippen LogP contribution in [-0.2, 0) is 9.53 Å². The number of aromatic nitrogens is 1. The lowest BCUT2D eigenvalue weighted by Crippen LogP contribution is -2.18. The molecule has 1 aromatic heterocycles. The van der Waals surface area contributed by atoms with E-state index < -0.39 is 0 Å². The van der Waals surface area contributed by atoms with E-state index >= 15 is 0 Å². The van der Waals surface area contributed by atoms with Crippen LogP contribution in [0.25, 0.3) is 0 Å². The second-order valence-electron chi connectivity index (χ2n) is 2.95. The molecule has 0 radical (unpaired) electrons. The van der Waals surface area contributed by atoms with Gasteiger partial charge in [0, 0.05) is 6.07 Å². The highest BCUT2D eigenvalue weighted by Gasteiger charge is 2.06. The van der Waals surface area contributed by atoms with Crippen molar-refractivity contribution in [2.24, 2.45) is 0 Å². The van der Waals surface area contributed by atoms with Crippen molar-refractivity contribution in [3.05, 3.63) is 12.1 Å². The Labute approximate surface area is 93.8 Å². The van der Waals surface area contributed by atoms with Gasteiger partial charge < -0.3 is 20.5 Å². The summed E-state index contributed by atoms with van der Waals surface area (Å²) in [6, 6.07) is 3.30. The van der Waals surface area contributed by atoms with Gasteiger partial charge in [0.05, 0.1) is 19.4 Å². The van der Waals surface area contributed by atoms with Gasteiger partial charge >= 0.3 is 5.97 Å². The second-order valence-corrected chi connectivity index (χ2v) is 2.95. The van der Waals surface area contributed by atoms with E-state index in [1.165, 1.54) is 7.11 Å². The number of carbonyl (C=O) groups is 1. The monoisotopic (exact) mass is 225 g/mol. The van der Waals surface area contributed by atoms with E-state index in [0.717, 1.165) is 0 Å². The lowest BCUT2D eigenvalue weighted by Gasteiger charge is -2.08. The van der Waals surface area contributed by atoms with Gasteiger partial charge in [-0.3, -0.25) is 4.79 Å². The zero-order valence-corrected chi connectivity index (χ0v) is 9.32. The molecule has 0 spiro atoms. The predicted molar refractivity (Wildman–Crippen MR) is 60.3 cm³/mol. The zero-order valence-electron chi connectivity index (χ0n) is 9.32. The molecule has 0 bridgehead atoms. The molecule has 0 aliphatic heterocycles. The van der Waals surface area contributed by atoms with E-state index in [9.17, 15) is 4.79 Å². The fraction of sp³-hybridized carbons (Fsp3) is 0.400. The molecule has 0 aliphatic carbocycles. The topological polar surface area (TPSA) is 86.5 Å². The number of carbonyl (C=O) groups excluding carboxylic acids is 1. The first-order valence-electron chi connectivity index (χ1n) is 4.87. The summed E-state index contributed by atoms with van der Waals surface area (Å²) in [5, 5.41) is 2.78. The standard InChI is InChI=1S/C10H15N3O3/c1-3-16-9(14)6-12-10-7(11)4-5-8(13-10)15-2/h4-5H,3,6,11H2,1-2H3,(H,12,13). The molecule has 1 aromatic rings. The summed E-state index contributed by atoms with van der Waals surface area (Å²) in [7, 11) is 1.51. The Kier molecular flexibility index (Phi) is 4.38. The maximum absolute atomic E-state index is 11.1. The van der Waals surface area contributed by atoms with E-state index in [2.05, 4.69) is 10.3 Å². The summed E-state index contributed by atoms with van der Waals surface area (Å²) >= 11 is 0. The number of hydrogen-bond donors (Lipinski definition) is 2. The number of rotatable bonds is 5. The van der Waals surface area contributed by atoms with E-state index in [1.807, 2.05) is 0 Å². The molecule has 1 heterocycles. The molecule has 0 atom stereocenters. The Balaban J connectivity index is 2.62. The first kappa shape index (κ1) is 12.1. The molecule has 88 valence electrons. The minimum Gasteiger partial charge on any atom is -0.481 e. The van der Waals surface area contributed by atoms with Gasteiger partial charge in [0.2, 0.25) is 5.88 Å². The molecular formula is C10H15N3O3. The molecular weight excluding hydrogens is 210 g/mol. The number of ether oxygens (including phenoxy) is 2. The van der Waals surface area contributed by atoms with Crippen molar-refractivity contribution in [2.45, 2.75) is 6.92 Å². The Morgan fingerprint density at radius 3 is 2.94 bits per heavy atom. The van der Waals surface area contributed by atoms with Gasteiger partial charge in [0.1, 0.15) is 6.54 Å². The number of esters is 1. The Hall–Kier alpha value is -1.98. The largest absolute Gasteiger partial charge is 0.481 e. The quantitative estimate of drug-likeness (QED) is 0.715. The molecule has 0 saturated heterocycles. The highest BCUT2D eigenvalue weighted by atomic mass is 16.5. The molecule has 6 heteroatoms. The first-order valence-corrected chi connectivity index (χ1v) is 4.87. The van der Waals surface area contributed by atoms with Crippen LogP contribution >= 0.6 is 0 Å². The Morgan fingerprint density at radius 1 is 1.56 bits per heavy atom. The summed E-state index contributed by atoms with van der Waals surface area (Å²) in [5.74, 6) is 0.486. The molecule has 16 heavy (non-hydrogen) atoms. The van der Waals surface area contributed by atoms with Crippen LogP contribution in [0.4, 0.5) is 11.5 Å². The highest BCUT2D eigenvalue weighted by Crippen LogP contribution is 2.18. The van der Waals surface area contributed by atoms with Gasteiger partial charge in [-0.05, 0) is 13.0 Å². The van der Waals surface area contributed by atoms with Crippen LogP contribution in [0.1, 0.15) is 6.92 Å². The summed E-state index contributed by atoms with van der Waals surface area (Å²) in [4.78, 5) is 15.2. The van der Waals surface area contributed by atoms with Crippen molar-refractivity contribution in [3.8, 4) is 5.88 Å². The van der Waals surface area contributed by atoms with Crippen LogP contribution in [0.15, 0.2) is 12.1 Å². The third-order valence-corrected chi connectivity index (χ3v) is 1.82. The number of pyridine rings is 1. The predicted octanol–water partition coefficient (Wildman–Crippen LogP) is 0.647. The lowest BCUT2D eigenvalue weighted by atomic mass is 10.4. The van der Waals surface area contributed by atoms with Crippen molar-refractivity contribution < 1.29 is 14.3 Å². The lowest BCUT2D eigenvalue weighted by molar-refractivity contribution is -0.140. The number of nitrogen functional groups attached to an aromatic ring is 1. The van der Waals surface area contributed by atoms with Crippen LogP contribution in [-0.4, -0.2) is 31.2 Å². The summed E-state index contributed by atoms with van der Waals surface area (Å²) in [6.07, 6.45) is 0. The van der Waals surface area contributed by atoms with E-state index in [4.69, 9.17) is 15.2 Å². The normalized spacial score (nSPS) is 9.62. The number of nitrogens with two attached hydrogens (primary N) is 1. The van der Waals surface area contributed by atoms with Crippen LogP contribution in [0.5, 0.6) is 5.88 Å². The highest BCUT2D eigenvalue weighted by molar-refractivity contribution is 5.76. The van der Waals surface area contributed by atoms with Crippen molar-refractivity contribution in [2.75, 3.05) is 31.3 Å². The molecule has 3 N–H and O–H groups in total. The van der Waals surface area contributed by atoms with Crippen LogP contribution in [0, 0.1) is 0 Å².